The number of aliphatic hydroxyl groups is 1. The Morgan fingerprint density at radius 3 is 2.52 bits per heavy atom. The Balaban J connectivity index is 2.09. The lowest BCUT2D eigenvalue weighted by Gasteiger charge is -2.47. The van der Waals surface area contributed by atoms with Crippen LogP contribution < -0.4 is 16.0 Å². The number of rotatable bonds is 5. The molecule has 0 heterocycles. The molecule has 27 heavy (non-hydrogen) atoms. The number of hydrogen-bond acceptors (Lipinski definition) is 3. The van der Waals surface area contributed by atoms with Crippen molar-refractivity contribution in [1.29, 1.82) is 0 Å². The topological polar surface area (TPSA) is 90.5 Å². The van der Waals surface area contributed by atoms with Crippen LogP contribution in [0.4, 0.5) is 10.5 Å². The summed E-state index contributed by atoms with van der Waals surface area (Å²) in [7, 11) is 0. The van der Waals surface area contributed by atoms with Crippen LogP contribution in [0.2, 0.25) is 0 Å². The molecule has 1 aromatic carbocycles. The Labute approximate surface area is 162 Å². The van der Waals surface area contributed by atoms with Crippen molar-refractivity contribution in [2.75, 3.05) is 18.5 Å². The molecular formula is C21H33N3O3. The van der Waals surface area contributed by atoms with Gasteiger partial charge in [-0.05, 0) is 68.2 Å². The second-order valence-corrected chi connectivity index (χ2v) is 8.76. The van der Waals surface area contributed by atoms with E-state index in [9.17, 15) is 14.7 Å². The molecule has 6 heteroatoms. The molecule has 1 fully saturated rings. The fourth-order valence-electron chi connectivity index (χ4n) is 4.60. The Kier molecular flexibility index (Phi) is 6.52. The first-order valence-electron chi connectivity index (χ1n) is 9.68. The average molecular weight is 376 g/mol. The van der Waals surface area contributed by atoms with Gasteiger partial charge in [0.05, 0.1) is 12.1 Å². The molecule has 0 aliphatic heterocycles. The molecule has 1 aliphatic rings. The molecule has 0 spiro atoms. The maximum Gasteiger partial charge on any atom is 0.319 e. The summed E-state index contributed by atoms with van der Waals surface area (Å²) in [4.78, 5) is 24.6. The zero-order valence-corrected chi connectivity index (χ0v) is 17.1. The van der Waals surface area contributed by atoms with Crippen molar-refractivity contribution in [2.24, 2.45) is 11.3 Å². The van der Waals surface area contributed by atoms with E-state index in [1.807, 2.05) is 13.8 Å². The molecular weight excluding hydrogens is 342 g/mol. The standard InChI is InChI=1S/C21H33N3O3/c1-6-22-18(26)16-7-8-17(15(3)9-16)23-19(27)24-21(13-25)11-14(2)10-20(4,5)12-21/h7-9,14,25H,6,10-13H2,1-5H3,(H,22,26)(H2,23,24,27)/t14-,21+/m0/s1. The van der Waals surface area contributed by atoms with Gasteiger partial charge in [-0.3, -0.25) is 4.79 Å². The van der Waals surface area contributed by atoms with E-state index in [0.29, 0.717) is 23.7 Å². The fourth-order valence-corrected chi connectivity index (χ4v) is 4.60. The number of amides is 3. The second-order valence-electron chi connectivity index (χ2n) is 8.76. The molecule has 2 rings (SSSR count). The van der Waals surface area contributed by atoms with Crippen LogP contribution in [0.5, 0.6) is 0 Å². The van der Waals surface area contributed by atoms with Crippen LogP contribution in [0, 0.1) is 18.3 Å². The van der Waals surface area contributed by atoms with Gasteiger partial charge in [0.1, 0.15) is 0 Å². The van der Waals surface area contributed by atoms with Gasteiger partial charge in [0, 0.05) is 17.8 Å². The summed E-state index contributed by atoms with van der Waals surface area (Å²) >= 11 is 0. The molecule has 2 atom stereocenters. The highest BCUT2D eigenvalue weighted by Gasteiger charge is 2.43. The summed E-state index contributed by atoms with van der Waals surface area (Å²) in [5.74, 6) is 0.300. The molecule has 0 bridgehead atoms. The summed E-state index contributed by atoms with van der Waals surface area (Å²) in [6, 6.07) is 4.86. The van der Waals surface area contributed by atoms with E-state index in [1.54, 1.807) is 18.2 Å². The Hall–Kier alpha value is -2.08. The van der Waals surface area contributed by atoms with Gasteiger partial charge < -0.3 is 21.1 Å². The number of carbonyl (C=O) groups is 2. The Bertz CT molecular complexity index is 702. The predicted octanol–water partition coefficient (Wildman–Crippen LogP) is 3.44. The van der Waals surface area contributed by atoms with Crippen molar-refractivity contribution in [3.05, 3.63) is 29.3 Å². The number of carbonyl (C=O) groups excluding carboxylic acids is 2. The highest BCUT2D eigenvalue weighted by Crippen LogP contribution is 2.43. The van der Waals surface area contributed by atoms with E-state index in [1.165, 1.54) is 0 Å². The first-order valence-corrected chi connectivity index (χ1v) is 9.68. The van der Waals surface area contributed by atoms with Crippen LogP contribution in [0.25, 0.3) is 0 Å². The Morgan fingerprint density at radius 2 is 1.96 bits per heavy atom. The molecule has 0 saturated heterocycles. The lowest BCUT2D eigenvalue weighted by atomic mass is 9.64. The summed E-state index contributed by atoms with van der Waals surface area (Å²) < 4.78 is 0. The average Bonchev–Trinajstić information content (AvgIpc) is 2.54. The largest absolute Gasteiger partial charge is 0.394 e. The number of nitrogens with one attached hydrogen (secondary N) is 3. The molecule has 1 saturated carbocycles. The van der Waals surface area contributed by atoms with Crippen LogP contribution in [-0.4, -0.2) is 35.7 Å². The smallest absolute Gasteiger partial charge is 0.319 e. The van der Waals surface area contributed by atoms with Crippen LogP contribution in [0.15, 0.2) is 18.2 Å². The number of anilines is 1. The normalized spacial score (nSPS) is 24.1. The van der Waals surface area contributed by atoms with Gasteiger partial charge in [-0.15, -0.1) is 0 Å². The number of aryl methyl sites for hydroxylation is 1. The van der Waals surface area contributed by atoms with Gasteiger partial charge in [0.15, 0.2) is 0 Å². The van der Waals surface area contributed by atoms with E-state index in [2.05, 4.69) is 36.7 Å². The summed E-state index contributed by atoms with van der Waals surface area (Å²) in [5.41, 5.74) is 1.48. The molecule has 0 aromatic heterocycles. The molecule has 0 radical (unpaired) electrons. The third-order valence-electron chi connectivity index (χ3n) is 5.21. The van der Waals surface area contributed by atoms with Crippen molar-refractivity contribution in [2.45, 2.75) is 59.4 Å². The fraction of sp³-hybridized carbons (Fsp3) is 0.619. The maximum absolute atomic E-state index is 12.6. The minimum Gasteiger partial charge on any atom is -0.394 e. The van der Waals surface area contributed by atoms with Crippen molar-refractivity contribution in [1.82, 2.24) is 10.6 Å². The highest BCUT2D eigenvalue weighted by molar-refractivity contribution is 5.96. The van der Waals surface area contributed by atoms with E-state index in [0.717, 1.165) is 24.8 Å². The van der Waals surface area contributed by atoms with E-state index >= 15 is 0 Å². The van der Waals surface area contributed by atoms with Crippen LogP contribution in [0.3, 0.4) is 0 Å². The number of hydrogen-bond donors (Lipinski definition) is 4. The molecule has 1 aromatic rings. The minimum atomic E-state index is -0.611. The maximum atomic E-state index is 12.6. The lowest BCUT2D eigenvalue weighted by Crippen LogP contribution is -2.58. The monoisotopic (exact) mass is 375 g/mol. The van der Waals surface area contributed by atoms with Crippen molar-refractivity contribution in [3.8, 4) is 0 Å². The Morgan fingerprint density at radius 1 is 1.26 bits per heavy atom. The van der Waals surface area contributed by atoms with Gasteiger partial charge in [-0.2, -0.15) is 0 Å². The summed E-state index contributed by atoms with van der Waals surface area (Å²) in [6.45, 7) is 10.7. The van der Waals surface area contributed by atoms with Gasteiger partial charge >= 0.3 is 6.03 Å². The zero-order chi connectivity index (χ0) is 20.2. The predicted molar refractivity (Wildman–Crippen MR) is 108 cm³/mol. The molecule has 0 unspecified atom stereocenters. The van der Waals surface area contributed by atoms with Crippen LogP contribution >= 0.6 is 0 Å². The summed E-state index contributed by atoms with van der Waals surface area (Å²) in [5, 5.41) is 18.7. The number of aliphatic hydroxyl groups excluding tert-OH is 1. The third-order valence-corrected chi connectivity index (χ3v) is 5.21. The summed E-state index contributed by atoms with van der Waals surface area (Å²) in [6.07, 6.45) is 2.58. The van der Waals surface area contributed by atoms with Gasteiger partial charge in [0.2, 0.25) is 0 Å². The lowest BCUT2D eigenvalue weighted by molar-refractivity contribution is 0.0446. The minimum absolute atomic E-state index is 0.0673. The quantitative estimate of drug-likeness (QED) is 0.635. The van der Waals surface area contributed by atoms with Gasteiger partial charge in [0.25, 0.3) is 5.91 Å². The number of benzene rings is 1. The second kappa shape index (κ2) is 8.30. The molecule has 150 valence electrons. The van der Waals surface area contributed by atoms with Crippen molar-refractivity contribution >= 4 is 17.6 Å². The van der Waals surface area contributed by atoms with Crippen LogP contribution in [-0.2, 0) is 0 Å². The molecule has 4 N–H and O–H groups in total. The SMILES string of the molecule is CCNC(=O)c1ccc(NC(=O)N[C@]2(CO)C[C@@H](C)CC(C)(C)C2)c(C)c1. The van der Waals surface area contributed by atoms with Crippen molar-refractivity contribution in [3.63, 3.8) is 0 Å². The molecule has 3 amide bonds. The zero-order valence-electron chi connectivity index (χ0n) is 17.1. The van der Waals surface area contributed by atoms with E-state index < -0.39 is 5.54 Å². The van der Waals surface area contributed by atoms with Gasteiger partial charge in [-0.25, -0.2) is 4.79 Å². The number of urea groups is 1. The first-order chi connectivity index (χ1) is 12.6. The van der Waals surface area contributed by atoms with E-state index in [4.69, 9.17) is 0 Å². The highest BCUT2D eigenvalue weighted by atomic mass is 16.3. The first kappa shape index (κ1) is 21.2. The third kappa shape index (κ3) is 5.45. The van der Waals surface area contributed by atoms with Crippen molar-refractivity contribution < 1.29 is 14.7 Å². The molecule has 6 nitrogen and oxygen atoms in total. The van der Waals surface area contributed by atoms with Gasteiger partial charge in [-0.1, -0.05) is 20.8 Å². The van der Waals surface area contributed by atoms with E-state index in [-0.39, 0.29) is 24.0 Å². The van der Waals surface area contributed by atoms with Crippen LogP contribution in [0.1, 0.15) is 62.9 Å². The molecule has 1 aliphatic carbocycles.